The van der Waals surface area contributed by atoms with Crippen LogP contribution in [-0.4, -0.2) is 87.7 Å². The van der Waals surface area contributed by atoms with Gasteiger partial charge in [0.25, 0.3) is 5.91 Å². The van der Waals surface area contributed by atoms with Gasteiger partial charge in [0.2, 0.25) is 0 Å². The van der Waals surface area contributed by atoms with Crippen molar-refractivity contribution in [1.82, 2.24) is 19.7 Å². The number of likely N-dealkylation sites (tertiary alicyclic amines) is 1. The number of aliphatic hydroxyl groups excluding tert-OH is 1. The number of pyridine rings is 1. The lowest BCUT2D eigenvalue weighted by Gasteiger charge is -2.61. The summed E-state index contributed by atoms with van der Waals surface area (Å²) in [5.74, 6) is 0.713. The molecule has 2 unspecified atom stereocenters. The highest BCUT2D eigenvalue weighted by Crippen LogP contribution is 2.39. The fourth-order valence-electron chi connectivity index (χ4n) is 4.95. The number of aromatic nitrogens is 1. The number of carbonyl (C=O) groups excluding carboxylic acids is 1. The van der Waals surface area contributed by atoms with Gasteiger partial charge in [-0.05, 0) is 24.5 Å². The normalized spacial score (nSPS) is 29.0. The molecule has 0 aliphatic carbocycles. The van der Waals surface area contributed by atoms with Gasteiger partial charge in [0.15, 0.2) is 0 Å². The molecule has 4 heterocycles. The average Bonchev–Trinajstić information content (AvgIpc) is 2.93. The Labute approximate surface area is 149 Å². The molecule has 4 rings (SSSR count). The second kappa shape index (κ2) is 6.34. The van der Waals surface area contributed by atoms with Crippen LogP contribution in [-0.2, 0) is 0 Å². The van der Waals surface area contributed by atoms with Crippen LogP contribution in [0.1, 0.15) is 30.6 Å². The van der Waals surface area contributed by atoms with Crippen molar-refractivity contribution >= 4 is 5.91 Å². The average molecular weight is 344 g/mol. The number of nitrogens with zero attached hydrogens (tertiary/aromatic N) is 4. The Kier molecular flexibility index (Phi) is 4.30. The lowest BCUT2D eigenvalue weighted by molar-refractivity contribution is -0.108. The number of hydrogen-bond acceptors (Lipinski definition) is 5. The first kappa shape index (κ1) is 16.9. The maximum atomic E-state index is 12.9. The number of piperazine rings is 1. The quantitative estimate of drug-likeness (QED) is 0.874. The maximum Gasteiger partial charge on any atom is 0.255 e. The summed E-state index contributed by atoms with van der Waals surface area (Å²) < 4.78 is 0. The van der Waals surface area contributed by atoms with E-state index in [0.29, 0.717) is 18.0 Å². The molecular weight excluding hydrogens is 316 g/mol. The lowest BCUT2D eigenvalue weighted by Crippen LogP contribution is -2.78. The molecule has 1 amide bonds. The standard InChI is InChI=1S/C19H28N4O2/c1-14(2)8-21-11-19(12-21)13-22(9-16-6-17(24)10-23(16)19)18(25)15-4-3-5-20-7-15/h3-5,7,14,16-17,24H,6,8-13H2,1-2H3. The highest BCUT2D eigenvalue weighted by Gasteiger charge is 2.56. The Balaban J connectivity index is 1.53. The molecule has 1 N–H and O–H groups in total. The van der Waals surface area contributed by atoms with Crippen molar-refractivity contribution in [3.63, 3.8) is 0 Å². The van der Waals surface area contributed by atoms with E-state index in [1.165, 1.54) is 0 Å². The molecule has 0 aromatic carbocycles. The van der Waals surface area contributed by atoms with Crippen molar-refractivity contribution < 1.29 is 9.90 Å². The fourth-order valence-corrected chi connectivity index (χ4v) is 4.95. The van der Waals surface area contributed by atoms with Gasteiger partial charge < -0.3 is 10.0 Å². The number of β-amino-alcohol motifs (C(OH)–C–C–N with tert-alkyl or cyclic N) is 1. The number of hydrogen-bond donors (Lipinski definition) is 1. The maximum absolute atomic E-state index is 12.9. The van der Waals surface area contributed by atoms with Gasteiger partial charge in [-0.3, -0.25) is 19.6 Å². The first-order chi connectivity index (χ1) is 12.0. The van der Waals surface area contributed by atoms with E-state index in [1.54, 1.807) is 12.4 Å². The van der Waals surface area contributed by atoms with Crippen molar-refractivity contribution in [2.24, 2.45) is 5.92 Å². The number of aliphatic hydroxyl groups is 1. The minimum absolute atomic E-state index is 0.00710. The van der Waals surface area contributed by atoms with Gasteiger partial charge in [0.05, 0.1) is 17.2 Å². The van der Waals surface area contributed by atoms with Crippen LogP contribution in [0.4, 0.5) is 0 Å². The molecule has 0 saturated carbocycles. The number of amides is 1. The monoisotopic (exact) mass is 344 g/mol. The smallest absolute Gasteiger partial charge is 0.255 e. The molecule has 136 valence electrons. The third kappa shape index (κ3) is 3.07. The number of carbonyl (C=O) groups is 1. The highest BCUT2D eigenvalue weighted by molar-refractivity contribution is 5.94. The topological polar surface area (TPSA) is 59.9 Å². The van der Waals surface area contributed by atoms with Crippen LogP contribution >= 0.6 is 0 Å². The molecule has 25 heavy (non-hydrogen) atoms. The van der Waals surface area contributed by atoms with E-state index in [-0.39, 0.29) is 23.6 Å². The summed E-state index contributed by atoms with van der Waals surface area (Å²) in [7, 11) is 0. The molecular formula is C19H28N4O2. The van der Waals surface area contributed by atoms with Crippen molar-refractivity contribution in [3.05, 3.63) is 30.1 Å². The third-order valence-electron chi connectivity index (χ3n) is 5.77. The summed E-state index contributed by atoms with van der Waals surface area (Å²) in [6.45, 7) is 9.76. The van der Waals surface area contributed by atoms with E-state index in [0.717, 1.165) is 39.1 Å². The molecule has 0 bridgehead atoms. The Morgan fingerprint density at radius 3 is 2.84 bits per heavy atom. The lowest BCUT2D eigenvalue weighted by atomic mass is 9.83. The Hall–Kier alpha value is -1.50. The second-order valence-corrected chi connectivity index (χ2v) is 8.41. The van der Waals surface area contributed by atoms with Crippen molar-refractivity contribution in [3.8, 4) is 0 Å². The number of rotatable bonds is 3. The summed E-state index contributed by atoms with van der Waals surface area (Å²) in [5.41, 5.74) is 0.663. The van der Waals surface area contributed by atoms with E-state index in [1.807, 2.05) is 17.0 Å². The molecule has 3 aliphatic heterocycles. The van der Waals surface area contributed by atoms with Crippen LogP contribution in [0.3, 0.4) is 0 Å². The van der Waals surface area contributed by atoms with Crippen molar-refractivity contribution in [2.75, 3.05) is 39.3 Å². The van der Waals surface area contributed by atoms with Gasteiger partial charge in [-0.15, -0.1) is 0 Å². The van der Waals surface area contributed by atoms with Gasteiger partial charge in [-0.2, -0.15) is 0 Å². The van der Waals surface area contributed by atoms with E-state index >= 15 is 0 Å². The second-order valence-electron chi connectivity index (χ2n) is 8.41. The molecule has 1 aromatic rings. The predicted molar refractivity (Wildman–Crippen MR) is 95.3 cm³/mol. The van der Waals surface area contributed by atoms with Crippen LogP contribution in [0.15, 0.2) is 24.5 Å². The summed E-state index contributed by atoms with van der Waals surface area (Å²) in [4.78, 5) is 24.0. The largest absolute Gasteiger partial charge is 0.392 e. The summed E-state index contributed by atoms with van der Waals surface area (Å²) in [6.07, 6.45) is 3.84. The Bertz CT molecular complexity index is 630. The molecule has 2 atom stereocenters. The van der Waals surface area contributed by atoms with Gasteiger partial charge in [0.1, 0.15) is 0 Å². The SMILES string of the molecule is CC(C)CN1CC2(C1)CN(C(=O)c1cccnc1)CC1CC(O)CN12. The third-order valence-corrected chi connectivity index (χ3v) is 5.77. The predicted octanol–water partition coefficient (Wildman–Crippen LogP) is 0.683. The van der Waals surface area contributed by atoms with Crippen molar-refractivity contribution in [1.29, 1.82) is 0 Å². The van der Waals surface area contributed by atoms with E-state index in [9.17, 15) is 9.90 Å². The summed E-state index contributed by atoms with van der Waals surface area (Å²) in [6, 6.07) is 3.92. The van der Waals surface area contributed by atoms with Crippen LogP contribution in [0.5, 0.6) is 0 Å². The zero-order chi connectivity index (χ0) is 17.6. The first-order valence-corrected chi connectivity index (χ1v) is 9.33. The first-order valence-electron chi connectivity index (χ1n) is 9.33. The van der Waals surface area contributed by atoms with Crippen LogP contribution in [0.25, 0.3) is 0 Å². The van der Waals surface area contributed by atoms with E-state index in [2.05, 4.69) is 28.6 Å². The van der Waals surface area contributed by atoms with Crippen LogP contribution in [0, 0.1) is 5.92 Å². The Morgan fingerprint density at radius 2 is 2.16 bits per heavy atom. The summed E-state index contributed by atoms with van der Waals surface area (Å²) >= 11 is 0. The van der Waals surface area contributed by atoms with Gasteiger partial charge in [-0.1, -0.05) is 13.8 Å². The van der Waals surface area contributed by atoms with E-state index in [4.69, 9.17) is 0 Å². The van der Waals surface area contributed by atoms with E-state index < -0.39 is 0 Å². The summed E-state index contributed by atoms with van der Waals surface area (Å²) in [5, 5.41) is 10.2. The van der Waals surface area contributed by atoms with Crippen LogP contribution in [0.2, 0.25) is 0 Å². The molecule has 6 heteroatoms. The molecule has 3 fully saturated rings. The Morgan fingerprint density at radius 1 is 1.36 bits per heavy atom. The number of fused-ring (bicyclic) bond motifs is 2. The van der Waals surface area contributed by atoms with Crippen LogP contribution < -0.4 is 0 Å². The minimum Gasteiger partial charge on any atom is -0.392 e. The molecule has 3 saturated heterocycles. The van der Waals surface area contributed by atoms with Gasteiger partial charge >= 0.3 is 0 Å². The molecule has 0 radical (unpaired) electrons. The van der Waals surface area contributed by atoms with Crippen molar-refractivity contribution in [2.45, 2.75) is 38.0 Å². The molecule has 6 nitrogen and oxygen atoms in total. The minimum atomic E-state index is -0.269. The fraction of sp³-hybridized carbons (Fsp3) is 0.684. The zero-order valence-corrected chi connectivity index (χ0v) is 15.1. The zero-order valence-electron chi connectivity index (χ0n) is 15.1. The van der Waals surface area contributed by atoms with Gasteiger partial charge in [0, 0.05) is 57.7 Å². The molecule has 1 aromatic heterocycles. The highest BCUT2D eigenvalue weighted by atomic mass is 16.3. The molecule has 3 aliphatic rings. The molecule has 1 spiro atoms. The van der Waals surface area contributed by atoms with Gasteiger partial charge in [-0.25, -0.2) is 0 Å².